The minimum atomic E-state index is -0.525. The maximum atomic E-state index is 13.1. The van der Waals surface area contributed by atoms with Crippen molar-refractivity contribution in [2.75, 3.05) is 17.7 Å². The molecule has 3 aromatic rings. The largest absolute Gasteiger partial charge is 0.338 e. The summed E-state index contributed by atoms with van der Waals surface area (Å²) in [5, 5.41) is 0.851. The molecular formula is C23H23BrN4O3S. The van der Waals surface area contributed by atoms with Gasteiger partial charge in [0.05, 0.1) is 16.8 Å². The average molecular weight is 515 g/mol. The van der Waals surface area contributed by atoms with Gasteiger partial charge in [-0.05, 0) is 30.2 Å². The third kappa shape index (κ3) is 4.88. The molecule has 2 aromatic carbocycles. The highest BCUT2D eigenvalue weighted by Gasteiger charge is 2.34. The number of aromatic nitrogens is 2. The third-order valence-electron chi connectivity index (χ3n) is 5.26. The summed E-state index contributed by atoms with van der Waals surface area (Å²) in [5.74, 6) is -0.187. The normalized spacial score (nSPS) is 16.0. The summed E-state index contributed by atoms with van der Waals surface area (Å²) in [6.45, 7) is 2.82. The average Bonchev–Trinajstić information content (AvgIpc) is 3.15. The van der Waals surface area contributed by atoms with Crippen LogP contribution >= 0.6 is 27.7 Å². The number of fused-ring (bicyclic) bond motifs is 1. The van der Waals surface area contributed by atoms with Crippen molar-refractivity contribution in [3.63, 3.8) is 0 Å². The minimum absolute atomic E-state index is 0.0663. The number of halogens is 1. The van der Waals surface area contributed by atoms with Crippen LogP contribution in [0.5, 0.6) is 0 Å². The molecule has 32 heavy (non-hydrogen) atoms. The van der Waals surface area contributed by atoms with Crippen molar-refractivity contribution in [3.8, 4) is 0 Å². The van der Waals surface area contributed by atoms with E-state index in [9.17, 15) is 14.4 Å². The van der Waals surface area contributed by atoms with Crippen molar-refractivity contribution in [2.45, 2.75) is 31.5 Å². The molecule has 4 rings (SSSR count). The summed E-state index contributed by atoms with van der Waals surface area (Å²) in [7, 11) is 0. The SMILES string of the molecule is CCCSc1nc2cc(Br)ccc2c(=O)n1NC(=O)C1CC(=O)N(Cc2ccccc2)C1. The topological polar surface area (TPSA) is 84.3 Å². The molecule has 0 radical (unpaired) electrons. The van der Waals surface area contributed by atoms with E-state index in [2.05, 4.69) is 26.3 Å². The molecule has 0 saturated carbocycles. The molecule has 1 N–H and O–H groups in total. The van der Waals surface area contributed by atoms with Crippen molar-refractivity contribution >= 4 is 50.4 Å². The molecule has 0 bridgehead atoms. The van der Waals surface area contributed by atoms with Gasteiger partial charge in [-0.25, -0.2) is 4.98 Å². The second kappa shape index (κ2) is 9.87. The fourth-order valence-corrected chi connectivity index (χ4v) is 4.79. The Kier molecular flexibility index (Phi) is 6.95. The lowest BCUT2D eigenvalue weighted by molar-refractivity contribution is -0.128. The number of carbonyl (C=O) groups excluding carboxylic acids is 2. The number of nitrogens with one attached hydrogen (secondary N) is 1. The van der Waals surface area contributed by atoms with E-state index in [0.29, 0.717) is 29.1 Å². The molecule has 2 heterocycles. The predicted octanol–water partition coefficient (Wildman–Crippen LogP) is 3.78. The zero-order valence-corrected chi connectivity index (χ0v) is 20.0. The first-order chi connectivity index (χ1) is 15.5. The highest BCUT2D eigenvalue weighted by atomic mass is 79.9. The van der Waals surface area contributed by atoms with Crippen LogP contribution in [0.4, 0.5) is 0 Å². The van der Waals surface area contributed by atoms with Gasteiger partial charge in [0.25, 0.3) is 5.56 Å². The Bertz CT molecular complexity index is 1220. The van der Waals surface area contributed by atoms with Gasteiger partial charge < -0.3 is 4.90 Å². The first kappa shape index (κ1) is 22.5. The molecule has 1 aromatic heterocycles. The maximum Gasteiger partial charge on any atom is 0.281 e. The standard InChI is InChI=1S/C23H23BrN4O3S/c1-2-10-32-23-25-19-12-17(24)8-9-18(19)22(31)28(23)26-21(30)16-11-20(29)27(14-16)13-15-6-4-3-5-7-15/h3-9,12,16H,2,10-11,13-14H2,1H3,(H,26,30). The molecule has 7 nitrogen and oxygen atoms in total. The van der Waals surface area contributed by atoms with E-state index in [1.807, 2.05) is 37.3 Å². The van der Waals surface area contributed by atoms with Crippen LogP contribution in [0.3, 0.4) is 0 Å². The van der Waals surface area contributed by atoms with Gasteiger partial charge in [-0.2, -0.15) is 4.68 Å². The van der Waals surface area contributed by atoms with Crippen LogP contribution in [0, 0.1) is 5.92 Å². The van der Waals surface area contributed by atoms with Crippen LogP contribution in [0.1, 0.15) is 25.3 Å². The van der Waals surface area contributed by atoms with Crippen LogP contribution < -0.4 is 11.0 Å². The second-order valence-electron chi connectivity index (χ2n) is 7.68. The number of amides is 2. The quantitative estimate of drug-likeness (QED) is 0.383. The first-order valence-corrected chi connectivity index (χ1v) is 12.2. The summed E-state index contributed by atoms with van der Waals surface area (Å²) in [6.07, 6.45) is 1.02. The van der Waals surface area contributed by atoms with E-state index in [1.54, 1.807) is 23.1 Å². The zero-order valence-electron chi connectivity index (χ0n) is 17.6. The number of nitrogens with zero attached hydrogens (tertiary/aromatic N) is 3. The Balaban J connectivity index is 1.56. The van der Waals surface area contributed by atoms with Crippen molar-refractivity contribution in [1.29, 1.82) is 0 Å². The van der Waals surface area contributed by atoms with Gasteiger partial charge in [0, 0.05) is 29.7 Å². The van der Waals surface area contributed by atoms with E-state index in [-0.39, 0.29) is 23.8 Å². The first-order valence-electron chi connectivity index (χ1n) is 10.4. The minimum Gasteiger partial charge on any atom is -0.338 e. The fourth-order valence-electron chi connectivity index (χ4n) is 3.63. The molecule has 1 aliphatic rings. The van der Waals surface area contributed by atoms with Crippen molar-refractivity contribution in [3.05, 3.63) is 68.9 Å². The number of carbonyl (C=O) groups is 2. The molecule has 0 spiro atoms. The second-order valence-corrected chi connectivity index (χ2v) is 9.66. The molecule has 1 fully saturated rings. The van der Waals surface area contributed by atoms with E-state index in [4.69, 9.17) is 0 Å². The highest BCUT2D eigenvalue weighted by molar-refractivity contribution is 9.10. The maximum absolute atomic E-state index is 13.1. The number of hydrogen-bond donors (Lipinski definition) is 1. The van der Waals surface area contributed by atoms with E-state index in [1.165, 1.54) is 16.4 Å². The molecule has 1 unspecified atom stereocenters. The Hall–Kier alpha value is -2.65. The Morgan fingerprint density at radius 2 is 2.00 bits per heavy atom. The van der Waals surface area contributed by atoms with Gasteiger partial charge in [0.15, 0.2) is 5.16 Å². The third-order valence-corrected chi connectivity index (χ3v) is 6.90. The summed E-state index contributed by atoms with van der Waals surface area (Å²) < 4.78 is 2.05. The lowest BCUT2D eigenvalue weighted by Crippen LogP contribution is -2.39. The van der Waals surface area contributed by atoms with Gasteiger partial charge in [0.2, 0.25) is 11.8 Å². The van der Waals surface area contributed by atoms with Crippen LogP contribution in [-0.2, 0) is 16.1 Å². The molecule has 166 valence electrons. The van der Waals surface area contributed by atoms with Crippen molar-refractivity contribution in [2.24, 2.45) is 5.92 Å². The van der Waals surface area contributed by atoms with Gasteiger partial charge in [-0.3, -0.25) is 19.8 Å². The molecule has 0 aliphatic carbocycles. The number of benzene rings is 2. The van der Waals surface area contributed by atoms with Crippen molar-refractivity contribution < 1.29 is 9.59 Å². The number of thioether (sulfide) groups is 1. The molecule has 1 atom stereocenters. The summed E-state index contributed by atoms with van der Waals surface area (Å²) in [4.78, 5) is 45.0. The highest BCUT2D eigenvalue weighted by Crippen LogP contribution is 2.23. The molecule has 2 amide bonds. The van der Waals surface area contributed by atoms with Crippen LogP contribution in [0.2, 0.25) is 0 Å². The van der Waals surface area contributed by atoms with E-state index >= 15 is 0 Å². The Morgan fingerprint density at radius 3 is 2.75 bits per heavy atom. The molecular weight excluding hydrogens is 492 g/mol. The van der Waals surface area contributed by atoms with Gasteiger partial charge in [-0.15, -0.1) is 0 Å². The van der Waals surface area contributed by atoms with Gasteiger partial charge in [-0.1, -0.05) is 64.9 Å². The van der Waals surface area contributed by atoms with Gasteiger partial charge in [0.1, 0.15) is 0 Å². The van der Waals surface area contributed by atoms with E-state index in [0.717, 1.165) is 22.2 Å². The molecule has 9 heteroatoms. The predicted molar refractivity (Wildman–Crippen MR) is 129 cm³/mol. The summed E-state index contributed by atoms with van der Waals surface area (Å²) in [6, 6.07) is 14.9. The fraction of sp³-hybridized carbons (Fsp3) is 0.304. The number of rotatable bonds is 7. The van der Waals surface area contributed by atoms with Gasteiger partial charge >= 0.3 is 0 Å². The van der Waals surface area contributed by atoms with Crippen LogP contribution in [-0.4, -0.2) is 38.7 Å². The van der Waals surface area contributed by atoms with Crippen LogP contribution in [0.25, 0.3) is 10.9 Å². The van der Waals surface area contributed by atoms with E-state index < -0.39 is 5.92 Å². The lowest BCUT2D eigenvalue weighted by atomic mass is 10.1. The van der Waals surface area contributed by atoms with Crippen molar-refractivity contribution in [1.82, 2.24) is 14.6 Å². The Morgan fingerprint density at radius 1 is 1.22 bits per heavy atom. The lowest BCUT2D eigenvalue weighted by Gasteiger charge is -2.18. The van der Waals surface area contributed by atoms with Crippen LogP contribution in [0.15, 0.2) is 63.0 Å². The number of likely N-dealkylation sites (tertiary alicyclic amines) is 1. The Labute approximate surface area is 198 Å². The monoisotopic (exact) mass is 514 g/mol. The summed E-state index contributed by atoms with van der Waals surface area (Å²) >= 11 is 4.82. The summed E-state index contributed by atoms with van der Waals surface area (Å²) in [5.41, 5.74) is 3.98. The number of hydrogen-bond acceptors (Lipinski definition) is 5. The smallest absolute Gasteiger partial charge is 0.281 e. The zero-order chi connectivity index (χ0) is 22.7. The molecule has 1 aliphatic heterocycles. The molecule has 1 saturated heterocycles.